The number of ether oxygens (including phenoxy) is 1. The van der Waals surface area contributed by atoms with Crippen LogP contribution in [0.15, 0.2) is 47.4 Å². The number of methoxy groups -OCH3 is 1. The molecule has 1 atom stereocenters. The molecule has 2 aromatic rings. The summed E-state index contributed by atoms with van der Waals surface area (Å²) in [4.78, 5) is 14.5. The summed E-state index contributed by atoms with van der Waals surface area (Å²) in [6, 6.07) is 12.3. The van der Waals surface area contributed by atoms with Crippen LogP contribution in [0.1, 0.15) is 50.3 Å². The van der Waals surface area contributed by atoms with E-state index in [9.17, 15) is 13.2 Å². The maximum absolute atomic E-state index is 13.2. The molecule has 1 unspecified atom stereocenters. The van der Waals surface area contributed by atoms with E-state index >= 15 is 0 Å². The van der Waals surface area contributed by atoms with Crippen molar-refractivity contribution in [3.05, 3.63) is 53.6 Å². The van der Waals surface area contributed by atoms with Crippen molar-refractivity contribution >= 4 is 21.6 Å². The van der Waals surface area contributed by atoms with Gasteiger partial charge in [-0.15, -0.1) is 0 Å². The Morgan fingerprint density at radius 3 is 2.48 bits per heavy atom. The smallest absolute Gasteiger partial charge is 0.241 e. The lowest BCUT2D eigenvalue weighted by Crippen LogP contribution is -2.30. The number of amides is 1. The Balaban J connectivity index is 1.57. The van der Waals surface area contributed by atoms with Crippen LogP contribution in [0.4, 0.5) is 5.69 Å². The third-order valence-corrected chi connectivity index (χ3v) is 7.44. The number of benzene rings is 2. The molecule has 0 spiro atoms. The number of hydrogen-bond acceptors (Lipinski definition) is 4. The van der Waals surface area contributed by atoms with Gasteiger partial charge in [0.25, 0.3) is 0 Å². The van der Waals surface area contributed by atoms with Crippen molar-refractivity contribution in [3.8, 4) is 5.75 Å². The third-order valence-electron chi connectivity index (χ3n) is 5.97. The van der Waals surface area contributed by atoms with Gasteiger partial charge >= 0.3 is 0 Å². The molecule has 1 amide bonds. The molecule has 1 aliphatic heterocycles. The van der Waals surface area contributed by atoms with E-state index in [0.717, 1.165) is 35.4 Å². The van der Waals surface area contributed by atoms with Gasteiger partial charge in [-0.05, 0) is 73.1 Å². The van der Waals surface area contributed by atoms with Crippen LogP contribution in [0.25, 0.3) is 0 Å². The van der Waals surface area contributed by atoms with Gasteiger partial charge in [-0.1, -0.05) is 26.0 Å². The summed E-state index contributed by atoms with van der Waals surface area (Å²) in [5.41, 5.74) is 2.67. The van der Waals surface area contributed by atoms with E-state index in [-0.39, 0.29) is 22.8 Å². The van der Waals surface area contributed by atoms with Crippen molar-refractivity contribution in [2.45, 2.75) is 50.5 Å². The topological polar surface area (TPSA) is 75.7 Å². The molecule has 1 fully saturated rings. The van der Waals surface area contributed by atoms with E-state index in [1.807, 2.05) is 29.2 Å². The van der Waals surface area contributed by atoms with Crippen LogP contribution in [-0.2, 0) is 21.2 Å². The highest BCUT2D eigenvalue weighted by Gasteiger charge is 2.37. The van der Waals surface area contributed by atoms with Crippen LogP contribution in [0.2, 0.25) is 0 Å². The molecule has 0 aromatic heterocycles. The molecular formula is C24H30N2O4S. The Morgan fingerprint density at radius 2 is 1.87 bits per heavy atom. The number of rotatable bonds is 8. The summed E-state index contributed by atoms with van der Waals surface area (Å²) in [5.74, 6) is 1.37. The Morgan fingerprint density at radius 1 is 1.16 bits per heavy atom. The van der Waals surface area contributed by atoms with E-state index in [2.05, 4.69) is 18.6 Å². The number of carbonyl (C=O) groups is 1. The summed E-state index contributed by atoms with van der Waals surface area (Å²) in [6.07, 6.45) is 3.29. The van der Waals surface area contributed by atoms with Gasteiger partial charge in [-0.2, -0.15) is 0 Å². The van der Waals surface area contributed by atoms with Crippen LogP contribution in [0.3, 0.4) is 0 Å². The Hall–Kier alpha value is -2.38. The molecule has 0 bridgehead atoms. The van der Waals surface area contributed by atoms with Gasteiger partial charge in [0, 0.05) is 24.2 Å². The van der Waals surface area contributed by atoms with Crippen LogP contribution in [-0.4, -0.2) is 28.0 Å². The van der Waals surface area contributed by atoms with Gasteiger partial charge in [0.15, 0.2) is 0 Å². The summed E-state index contributed by atoms with van der Waals surface area (Å²) in [5, 5.41) is 0. The van der Waals surface area contributed by atoms with Crippen molar-refractivity contribution < 1.29 is 17.9 Å². The lowest BCUT2D eigenvalue weighted by Gasteiger charge is -2.22. The maximum Gasteiger partial charge on any atom is 0.241 e. The first-order chi connectivity index (χ1) is 14.8. The highest BCUT2D eigenvalue weighted by atomic mass is 32.2. The Labute approximate surface area is 184 Å². The number of anilines is 1. The number of carbonyl (C=O) groups excluding carboxylic acids is 1. The largest absolute Gasteiger partial charge is 0.497 e. The predicted octanol–water partition coefficient (Wildman–Crippen LogP) is 4.06. The maximum atomic E-state index is 13.2. The molecule has 166 valence electrons. The molecule has 1 saturated carbocycles. The van der Waals surface area contributed by atoms with E-state index in [4.69, 9.17) is 4.74 Å². The fourth-order valence-electron chi connectivity index (χ4n) is 4.14. The SMILES string of the molecule is COc1ccc(C(CC(C)C)NS(=O)(=O)c2ccc3c(c2)CCN3C(=O)C2CC2)cc1. The van der Waals surface area contributed by atoms with Gasteiger partial charge < -0.3 is 9.64 Å². The predicted molar refractivity (Wildman–Crippen MR) is 121 cm³/mol. The lowest BCUT2D eigenvalue weighted by molar-refractivity contribution is -0.119. The average Bonchev–Trinajstić information content (AvgIpc) is 3.51. The van der Waals surface area contributed by atoms with Crippen LogP contribution >= 0.6 is 0 Å². The number of fused-ring (bicyclic) bond motifs is 1. The minimum atomic E-state index is -3.72. The van der Waals surface area contributed by atoms with E-state index < -0.39 is 10.0 Å². The monoisotopic (exact) mass is 442 g/mol. The normalized spacial score (nSPS) is 17.0. The molecule has 0 saturated heterocycles. The van der Waals surface area contributed by atoms with Crippen molar-refractivity contribution in [1.29, 1.82) is 0 Å². The molecule has 1 heterocycles. The van der Waals surface area contributed by atoms with Crippen molar-refractivity contribution in [2.75, 3.05) is 18.6 Å². The molecule has 1 N–H and O–H groups in total. The molecule has 2 aromatic carbocycles. The summed E-state index contributed by atoms with van der Waals surface area (Å²) >= 11 is 0. The molecule has 0 radical (unpaired) electrons. The fourth-order valence-corrected chi connectivity index (χ4v) is 5.43. The minimum absolute atomic E-state index is 0.150. The average molecular weight is 443 g/mol. The Bertz CT molecular complexity index is 1060. The number of sulfonamides is 1. The zero-order valence-corrected chi connectivity index (χ0v) is 19.1. The van der Waals surface area contributed by atoms with Gasteiger partial charge in [-0.25, -0.2) is 13.1 Å². The molecule has 2 aliphatic rings. The fraction of sp³-hybridized carbons (Fsp3) is 0.458. The summed E-state index contributed by atoms with van der Waals surface area (Å²) in [6.45, 7) is 4.78. The molecule has 6 nitrogen and oxygen atoms in total. The van der Waals surface area contributed by atoms with Crippen molar-refractivity contribution in [2.24, 2.45) is 11.8 Å². The second kappa shape index (κ2) is 8.63. The van der Waals surface area contributed by atoms with Crippen molar-refractivity contribution in [3.63, 3.8) is 0 Å². The van der Waals surface area contributed by atoms with Gasteiger partial charge in [0.1, 0.15) is 5.75 Å². The standard InChI is InChI=1S/C24H30N2O4S/c1-16(2)14-22(17-6-8-20(30-3)9-7-17)25-31(28,29)21-10-11-23-19(15-21)12-13-26(23)24(27)18-4-5-18/h6-11,15-16,18,22,25H,4-5,12-14H2,1-3H3. The van der Waals surface area contributed by atoms with Gasteiger partial charge in [-0.3, -0.25) is 4.79 Å². The van der Waals surface area contributed by atoms with Gasteiger partial charge in [0.05, 0.1) is 12.0 Å². The zero-order chi connectivity index (χ0) is 22.2. The van der Waals surface area contributed by atoms with Crippen molar-refractivity contribution in [1.82, 2.24) is 4.72 Å². The first kappa shape index (κ1) is 21.8. The first-order valence-electron chi connectivity index (χ1n) is 10.9. The van der Waals surface area contributed by atoms with Gasteiger partial charge in [0.2, 0.25) is 15.9 Å². The highest BCUT2D eigenvalue weighted by molar-refractivity contribution is 7.89. The number of nitrogens with zero attached hydrogens (tertiary/aromatic N) is 1. The quantitative estimate of drug-likeness (QED) is 0.669. The Kier molecular flexibility index (Phi) is 6.08. The lowest BCUT2D eigenvalue weighted by atomic mass is 9.98. The zero-order valence-electron chi connectivity index (χ0n) is 18.3. The number of nitrogens with one attached hydrogen (secondary N) is 1. The molecule has 4 rings (SSSR count). The van der Waals surface area contributed by atoms with E-state index in [1.54, 1.807) is 25.3 Å². The second-order valence-electron chi connectivity index (χ2n) is 8.88. The minimum Gasteiger partial charge on any atom is -0.497 e. The first-order valence-corrected chi connectivity index (χ1v) is 12.4. The van der Waals surface area contributed by atoms with E-state index in [1.165, 1.54) is 0 Å². The molecule has 1 aliphatic carbocycles. The number of hydrogen-bond donors (Lipinski definition) is 1. The molecule has 31 heavy (non-hydrogen) atoms. The van der Waals surface area contributed by atoms with Crippen LogP contribution < -0.4 is 14.4 Å². The summed E-state index contributed by atoms with van der Waals surface area (Å²) < 4.78 is 34.6. The van der Waals surface area contributed by atoms with E-state index in [0.29, 0.717) is 25.3 Å². The second-order valence-corrected chi connectivity index (χ2v) is 10.6. The third kappa shape index (κ3) is 4.77. The molecular weight excluding hydrogens is 412 g/mol. The van der Waals surface area contributed by atoms with Crippen LogP contribution in [0, 0.1) is 11.8 Å². The summed E-state index contributed by atoms with van der Waals surface area (Å²) in [7, 11) is -2.11. The highest BCUT2D eigenvalue weighted by Crippen LogP contribution is 2.37. The molecule has 7 heteroatoms. The van der Waals surface area contributed by atoms with Crippen LogP contribution in [0.5, 0.6) is 5.75 Å².